The van der Waals surface area contributed by atoms with Gasteiger partial charge in [-0.2, -0.15) is 0 Å². The van der Waals surface area contributed by atoms with Crippen molar-refractivity contribution in [3.8, 4) is 5.75 Å². The normalized spacial score (nSPS) is 10.7. The van der Waals surface area contributed by atoms with Crippen molar-refractivity contribution in [2.24, 2.45) is 5.92 Å². The maximum absolute atomic E-state index is 5.58. The third-order valence-electron chi connectivity index (χ3n) is 1.95. The smallest absolute Gasteiger partial charge is 0.124 e. The summed E-state index contributed by atoms with van der Waals surface area (Å²) >= 11 is 3.44. The molecule has 0 spiro atoms. The molecule has 0 heterocycles. The predicted molar refractivity (Wildman–Crippen MR) is 65.2 cm³/mol. The average Bonchev–Trinajstić information content (AvgIpc) is 2.17. The topological polar surface area (TPSA) is 18.5 Å². The number of hydrogen-bond donors (Lipinski definition) is 0. The van der Waals surface area contributed by atoms with Crippen LogP contribution in [-0.4, -0.2) is 13.7 Å². The first kappa shape index (κ1) is 12.5. The second-order valence-corrected chi connectivity index (χ2v) is 4.78. The first-order valence-corrected chi connectivity index (χ1v) is 5.83. The zero-order valence-corrected chi connectivity index (χ0v) is 11.0. The molecule has 0 radical (unpaired) electrons. The Hall–Kier alpha value is -0.540. The van der Waals surface area contributed by atoms with Crippen LogP contribution in [0, 0.1) is 5.92 Å². The number of halogens is 1. The van der Waals surface area contributed by atoms with E-state index in [-0.39, 0.29) is 0 Å². The van der Waals surface area contributed by atoms with Crippen molar-refractivity contribution in [2.75, 3.05) is 13.7 Å². The lowest BCUT2D eigenvalue weighted by Gasteiger charge is -2.10. The van der Waals surface area contributed by atoms with Gasteiger partial charge in [0, 0.05) is 16.6 Å². The van der Waals surface area contributed by atoms with Crippen LogP contribution in [0.5, 0.6) is 5.75 Å². The van der Waals surface area contributed by atoms with Gasteiger partial charge in [0.05, 0.1) is 13.7 Å². The zero-order chi connectivity index (χ0) is 11.3. The van der Waals surface area contributed by atoms with Crippen molar-refractivity contribution in [2.45, 2.75) is 20.5 Å². The van der Waals surface area contributed by atoms with Crippen LogP contribution in [0.4, 0.5) is 0 Å². The lowest BCUT2D eigenvalue weighted by atomic mass is 10.2. The molecule has 0 fully saturated rings. The van der Waals surface area contributed by atoms with Gasteiger partial charge in [0.15, 0.2) is 0 Å². The van der Waals surface area contributed by atoms with E-state index in [2.05, 4.69) is 29.8 Å². The van der Waals surface area contributed by atoms with E-state index in [0.29, 0.717) is 12.5 Å². The van der Waals surface area contributed by atoms with E-state index in [1.165, 1.54) is 0 Å². The number of rotatable bonds is 5. The summed E-state index contributed by atoms with van der Waals surface area (Å²) < 4.78 is 11.9. The van der Waals surface area contributed by atoms with E-state index in [4.69, 9.17) is 9.47 Å². The van der Waals surface area contributed by atoms with Gasteiger partial charge in [-0.25, -0.2) is 0 Å². The van der Waals surface area contributed by atoms with Crippen LogP contribution in [0.2, 0.25) is 0 Å². The van der Waals surface area contributed by atoms with Crippen LogP contribution in [-0.2, 0) is 11.3 Å². The largest absolute Gasteiger partial charge is 0.496 e. The van der Waals surface area contributed by atoms with Crippen LogP contribution >= 0.6 is 15.9 Å². The highest BCUT2D eigenvalue weighted by Gasteiger charge is 2.04. The number of hydrogen-bond acceptors (Lipinski definition) is 2. The van der Waals surface area contributed by atoms with E-state index < -0.39 is 0 Å². The number of benzene rings is 1. The SMILES string of the molecule is COc1ccc(Br)cc1COCC(C)C. The minimum Gasteiger partial charge on any atom is -0.496 e. The summed E-state index contributed by atoms with van der Waals surface area (Å²) in [6.07, 6.45) is 0. The van der Waals surface area contributed by atoms with Crippen LogP contribution in [0.15, 0.2) is 22.7 Å². The van der Waals surface area contributed by atoms with Crippen molar-refractivity contribution < 1.29 is 9.47 Å². The van der Waals surface area contributed by atoms with Crippen molar-refractivity contribution in [1.82, 2.24) is 0 Å². The minimum absolute atomic E-state index is 0.558. The molecule has 1 aromatic rings. The van der Waals surface area contributed by atoms with Crippen molar-refractivity contribution in [1.29, 1.82) is 0 Å². The van der Waals surface area contributed by atoms with Crippen LogP contribution in [0.1, 0.15) is 19.4 Å². The van der Waals surface area contributed by atoms with Crippen molar-refractivity contribution in [3.63, 3.8) is 0 Å². The molecule has 0 N–H and O–H groups in total. The molecule has 0 aromatic heterocycles. The second-order valence-electron chi connectivity index (χ2n) is 3.87. The molecule has 2 nitrogen and oxygen atoms in total. The summed E-state index contributed by atoms with van der Waals surface area (Å²) in [5.74, 6) is 1.44. The van der Waals surface area contributed by atoms with E-state index in [9.17, 15) is 0 Å². The minimum atomic E-state index is 0.558. The lowest BCUT2D eigenvalue weighted by molar-refractivity contribution is 0.0955. The molecule has 15 heavy (non-hydrogen) atoms. The van der Waals surface area contributed by atoms with Gasteiger partial charge in [0.2, 0.25) is 0 Å². The molecule has 0 aliphatic carbocycles. The fraction of sp³-hybridized carbons (Fsp3) is 0.500. The highest BCUT2D eigenvalue weighted by molar-refractivity contribution is 9.10. The van der Waals surface area contributed by atoms with Crippen LogP contribution in [0.3, 0.4) is 0 Å². The second kappa shape index (κ2) is 6.13. The first-order chi connectivity index (χ1) is 7.13. The van der Waals surface area contributed by atoms with Gasteiger partial charge in [-0.1, -0.05) is 29.8 Å². The zero-order valence-electron chi connectivity index (χ0n) is 9.42. The molecular formula is C12H17BrO2. The highest BCUT2D eigenvalue weighted by atomic mass is 79.9. The van der Waals surface area contributed by atoms with Gasteiger partial charge in [-0.15, -0.1) is 0 Å². The van der Waals surface area contributed by atoms with E-state index in [0.717, 1.165) is 22.4 Å². The van der Waals surface area contributed by atoms with E-state index >= 15 is 0 Å². The van der Waals surface area contributed by atoms with Gasteiger partial charge in [0.25, 0.3) is 0 Å². The molecular weight excluding hydrogens is 256 g/mol. The lowest BCUT2D eigenvalue weighted by Crippen LogP contribution is -2.03. The molecule has 84 valence electrons. The molecule has 0 bridgehead atoms. The van der Waals surface area contributed by atoms with Crippen molar-refractivity contribution >= 4 is 15.9 Å². The quantitative estimate of drug-likeness (QED) is 0.815. The Labute approximate surface area is 99.7 Å². The molecule has 0 atom stereocenters. The average molecular weight is 273 g/mol. The maximum Gasteiger partial charge on any atom is 0.124 e. The van der Waals surface area contributed by atoms with Gasteiger partial charge in [-0.3, -0.25) is 0 Å². The molecule has 1 aromatic carbocycles. The predicted octanol–water partition coefficient (Wildman–Crippen LogP) is 3.63. The standard InChI is InChI=1S/C12H17BrO2/c1-9(2)7-15-8-10-6-11(13)4-5-12(10)14-3/h4-6,9H,7-8H2,1-3H3. The maximum atomic E-state index is 5.58. The molecule has 0 aliphatic heterocycles. The molecule has 0 amide bonds. The fourth-order valence-electron chi connectivity index (χ4n) is 1.26. The monoisotopic (exact) mass is 272 g/mol. The van der Waals surface area contributed by atoms with Gasteiger partial charge < -0.3 is 9.47 Å². The van der Waals surface area contributed by atoms with Gasteiger partial charge >= 0.3 is 0 Å². The Kier molecular flexibility index (Phi) is 5.12. The molecule has 3 heteroatoms. The summed E-state index contributed by atoms with van der Waals surface area (Å²) in [4.78, 5) is 0. The fourth-order valence-corrected chi connectivity index (χ4v) is 1.67. The van der Waals surface area contributed by atoms with Crippen LogP contribution in [0.25, 0.3) is 0 Å². The van der Waals surface area contributed by atoms with Crippen LogP contribution < -0.4 is 4.74 Å². The van der Waals surface area contributed by atoms with E-state index in [1.54, 1.807) is 7.11 Å². The Morgan fingerprint density at radius 1 is 1.33 bits per heavy atom. The Morgan fingerprint density at radius 2 is 2.07 bits per heavy atom. The Bertz CT molecular complexity index is 310. The summed E-state index contributed by atoms with van der Waals surface area (Å²) in [6, 6.07) is 5.93. The van der Waals surface area contributed by atoms with Crippen molar-refractivity contribution in [3.05, 3.63) is 28.2 Å². The molecule has 0 saturated carbocycles. The van der Waals surface area contributed by atoms with Gasteiger partial charge in [-0.05, 0) is 24.1 Å². The third kappa shape index (κ3) is 4.22. The molecule has 1 rings (SSSR count). The van der Waals surface area contributed by atoms with Gasteiger partial charge in [0.1, 0.15) is 5.75 Å². The van der Waals surface area contributed by atoms with E-state index in [1.807, 2.05) is 18.2 Å². The highest BCUT2D eigenvalue weighted by Crippen LogP contribution is 2.23. The molecule has 0 aliphatic rings. The summed E-state index contributed by atoms with van der Waals surface area (Å²) in [5.41, 5.74) is 1.08. The number of ether oxygens (including phenoxy) is 2. The Morgan fingerprint density at radius 3 is 2.67 bits per heavy atom. The first-order valence-electron chi connectivity index (χ1n) is 5.03. The Balaban J connectivity index is 2.62. The number of methoxy groups -OCH3 is 1. The summed E-state index contributed by atoms with van der Waals surface area (Å²) in [7, 11) is 1.68. The third-order valence-corrected chi connectivity index (χ3v) is 2.44. The summed E-state index contributed by atoms with van der Waals surface area (Å²) in [6.45, 7) is 5.65. The molecule has 0 unspecified atom stereocenters. The summed E-state index contributed by atoms with van der Waals surface area (Å²) in [5, 5.41) is 0. The molecule has 0 saturated heterocycles.